The Morgan fingerprint density at radius 2 is 2.14 bits per heavy atom. The number of rotatable bonds is 3. The maximum Gasteiger partial charge on any atom is 0.305 e. The molecule has 76 valence electrons. The van der Waals surface area contributed by atoms with Crippen LogP contribution >= 0.6 is 11.3 Å². The van der Waals surface area contributed by atoms with Gasteiger partial charge in [0.05, 0.1) is 4.88 Å². The van der Waals surface area contributed by atoms with E-state index in [0.29, 0.717) is 10.6 Å². The highest BCUT2D eigenvalue weighted by atomic mass is 32.1. The first-order chi connectivity index (χ1) is 6.50. The van der Waals surface area contributed by atoms with Crippen molar-refractivity contribution in [1.82, 2.24) is 9.88 Å². The van der Waals surface area contributed by atoms with Crippen molar-refractivity contribution in [2.24, 2.45) is 0 Å². The Kier molecular flexibility index (Phi) is 3.24. The molecule has 1 N–H and O–H groups in total. The van der Waals surface area contributed by atoms with Crippen LogP contribution in [0.2, 0.25) is 0 Å². The van der Waals surface area contributed by atoms with Crippen molar-refractivity contribution in [3.8, 4) is 0 Å². The zero-order valence-electron chi connectivity index (χ0n) is 8.33. The number of aromatic nitrogens is 1. The van der Waals surface area contributed by atoms with Crippen LogP contribution in [0.4, 0.5) is 0 Å². The molecule has 4 nitrogen and oxygen atoms in total. The van der Waals surface area contributed by atoms with E-state index in [-0.39, 0.29) is 10.7 Å². The first-order valence-corrected chi connectivity index (χ1v) is 4.91. The standard InChI is InChI=1S/C9H12N2O2S/c1-6-8(14-9(13)10-6)7(12)4-5-11(2)3/h4-5H,1-3H3,(H,10,13). The number of hydrogen-bond donors (Lipinski definition) is 1. The molecule has 1 heterocycles. The summed E-state index contributed by atoms with van der Waals surface area (Å²) in [7, 11) is 3.66. The third kappa shape index (κ3) is 2.56. The Hall–Kier alpha value is -1.36. The van der Waals surface area contributed by atoms with Crippen molar-refractivity contribution >= 4 is 17.1 Å². The summed E-state index contributed by atoms with van der Waals surface area (Å²) in [6, 6.07) is 0. The Labute approximate surface area is 85.9 Å². The molecule has 5 heteroatoms. The smallest absolute Gasteiger partial charge is 0.305 e. The molecule has 0 radical (unpaired) electrons. The van der Waals surface area contributed by atoms with E-state index < -0.39 is 0 Å². The number of allylic oxidation sites excluding steroid dienone is 1. The highest BCUT2D eigenvalue weighted by molar-refractivity contribution is 7.11. The molecule has 0 unspecified atom stereocenters. The largest absolute Gasteiger partial charge is 0.383 e. The van der Waals surface area contributed by atoms with Crippen molar-refractivity contribution in [2.75, 3.05) is 14.1 Å². The summed E-state index contributed by atoms with van der Waals surface area (Å²) in [4.78, 5) is 27.1. The second-order valence-corrected chi connectivity index (χ2v) is 4.10. The second-order valence-electron chi connectivity index (χ2n) is 3.11. The Balaban J connectivity index is 2.90. The molecular formula is C9H12N2O2S. The lowest BCUT2D eigenvalue weighted by Gasteiger charge is -2.01. The molecule has 0 spiro atoms. The number of nitrogens with one attached hydrogen (secondary N) is 1. The highest BCUT2D eigenvalue weighted by Gasteiger charge is 2.09. The third-order valence-electron chi connectivity index (χ3n) is 1.57. The van der Waals surface area contributed by atoms with E-state index in [4.69, 9.17) is 0 Å². The van der Waals surface area contributed by atoms with Gasteiger partial charge >= 0.3 is 4.87 Å². The zero-order chi connectivity index (χ0) is 10.7. The topological polar surface area (TPSA) is 53.2 Å². The summed E-state index contributed by atoms with van der Waals surface area (Å²) in [5.74, 6) is -0.139. The van der Waals surface area contributed by atoms with E-state index in [9.17, 15) is 9.59 Å². The number of aryl methyl sites for hydroxylation is 1. The summed E-state index contributed by atoms with van der Waals surface area (Å²) in [6.07, 6.45) is 3.11. The summed E-state index contributed by atoms with van der Waals surface area (Å²) >= 11 is 0.944. The van der Waals surface area contributed by atoms with Crippen LogP contribution in [0.15, 0.2) is 17.1 Å². The number of carbonyl (C=O) groups is 1. The monoisotopic (exact) mass is 212 g/mol. The Morgan fingerprint density at radius 3 is 2.57 bits per heavy atom. The van der Waals surface area contributed by atoms with Gasteiger partial charge in [-0.2, -0.15) is 0 Å². The van der Waals surface area contributed by atoms with Crippen LogP contribution < -0.4 is 4.87 Å². The number of thiazole rings is 1. The highest BCUT2D eigenvalue weighted by Crippen LogP contribution is 2.09. The SMILES string of the molecule is Cc1[nH]c(=O)sc1C(=O)C=CN(C)C. The molecule has 0 aliphatic rings. The Bertz CT molecular complexity index is 415. The molecule has 0 amide bonds. The van der Waals surface area contributed by atoms with Crippen LogP contribution in [-0.2, 0) is 0 Å². The fourth-order valence-electron chi connectivity index (χ4n) is 0.932. The molecule has 0 saturated carbocycles. The predicted octanol–water partition coefficient (Wildman–Crippen LogP) is 1.00. The minimum absolute atomic E-state index is 0.139. The van der Waals surface area contributed by atoms with E-state index >= 15 is 0 Å². The molecule has 1 aromatic heterocycles. The first-order valence-electron chi connectivity index (χ1n) is 4.09. The van der Waals surface area contributed by atoms with Crippen LogP contribution in [0.3, 0.4) is 0 Å². The predicted molar refractivity (Wildman–Crippen MR) is 56.8 cm³/mol. The minimum atomic E-state index is -0.191. The van der Waals surface area contributed by atoms with Crippen LogP contribution in [0.5, 0.6) is 0 Å². The summed E-state index contributed by atoms with van der Waals surface area (Å²) < 4.78 is 0. The number of ketones is 1. The molecular weight excluding hydrogens is 200 g/mol. The number of aromatic amines is 1. The van der Waals surface area contributed by atoms with Crippen molar-refractivity contribution < 1.29 is 4.79 Å². The lowest BCUT2D eigenvalue weighted by Crippen LogP contribution is -2.02. The third-order valence-corrected chi connectivity index (χ3v) is 2.57. The molecule has 0 bridgehead atoms. The normalized spacial score (nSPS) is 10.8. The molecule has 0 aliphatic heterocycles. The van der Waals surface area contributed by atoms with Gasteiger partial charge in [-0.25, -0.2) is 0 Å². The maximum absolute atomic E-state index is 11.5. The van der Waals surface area contributed by atoms with Gasteiger partial charge in [-0.15, -0.1) is 0 Å². The van der Waals surface area contributed by atoms with E-state index in [2.05, 4.69) is 4.98 Å². The van der Waals surface area contributed by atoms with Gasteiger partial charge < -0.3 is 9.88 Å². The van der Waals surface area contributed by atoms with Gasteiger partial charge in [0.25, 0.3) is 0 Å². The van der Waals surface area contributed by atoms with Gasteiger partial charge in [-0.3, -0.25) is 9.59 Å². The number of hydrogen-bond acceptors (Lipinski definition) is 4. The van der Waals surface area contributed by atoms with E-state index in [0.717, 1.165) is 11.3 Å². The van der Waals surface area contributed by atoms with Crippen molar-refractivity contribution in [1.29, 1.82) is 0 Å². The Morgan fingerprint density at radius 1 is 1.50 bits per heavy atom. The van der Waals surface area contributed by atoms with Gasteiger partial charge in [0.2, 0.25) is 0 Å². The van der Waals surface area contributed by atoms with Crippen LogP contribution in [0.1, 0.15) is 15.4 Å². The zero-order valence-corrected chi connectivity index (χ0v) is 9.14. The average Bonchev–Trinajstić information content (AvgIpc) is 2.41. The minimum Gasteiger partial charge on any atom is -0.383 e. The first kappa shape index (κ1) is 10.7. The fourth-order valence-corrected chi connectivity index (χ4v) is 1.69. The van der Waals surface area contributed by atoms with E-state index in [1.165, 1.54) is 6.08 Å². The van der Waals surface area contributed by atoms with Gasteiger partial charge in [0.1, 0.15) is 0 Å². The molecule has 14 heavy (non-hydrogen) atoms. The molecule has 0 atom stereocenters. The molecule has 0 saturated heterocycles. The molecule has 1 rings (SSSR count). The van der Waals surface area contributed by atoms with E-state index in [1.807, 2.05) is 14.1 Å². The lowest BCUT2D eigenvalue weighted by molar-refractivity contribution is 0.104. The summed E-state index contributed by atoms with van der Waals surface area (Å²) in [5.41, 5.74) is 0.633. The van der Waals surface area contributed by atoms with Gasteiger partial charge in [-0.1, -0.05) is 11.3 Å². The molecule has 1 aromatic rings. The van der Waals surface area contributed by atoms with Crippen LogP contribution in [0, 0.1) is 6.92 Å². The molecule has 0 fully saturated rings. The van der Waals surface area contributed by atoms with Gasteiger partial charge in [0.15, 0.2) is 5.78 Å². The lowest BCUT2D eigenvalue weighted by atomic mass is 10.3. The number of H-pyrrole nitrogens is 1. The van der Waals surface area contributed by atoms with Crippen LogP contribution in [-0.4, -0.2) is 29.8 Å². The van der Waals surface area contributed by atoms with Crippen molar-refractivity contribution in [3.63, 3.8) is 0 Å². The number of nitrogens with zero attached hydrogens (tertiary/aromatic N) is 1. The van der Waals surface area contributed by atoms with Crippen molar-refractivity contribution in [2.45, 2.75) is 6.92 Å². The average molecular weight is 212 g/mol. The fraction of sp³-hybridized carbons (Fsp3) is 0.333. The molecule has 0 aromatic carbocycles. The summed E-state index contributed by atoms with van der Waals surface area (Å²) in [5, 5.41) is 0. The number of carbonyl (C=O) groups excluding carboxylic acids is 1. The van der Waals surface area contributed by atoms with Crippen LogP contribution in [0.25, 0.3) is 0 Å². The quantitative estimate of drug-likeness (QED) is 0.601. The van der Waals surface area contributed by atoms with Crippen molar-refractivity contribution in [3.05, 3.63) is 32.5 Å². The summed E-state index contributed by atoms with van der Waals surface area (Å²) in [6.45, 7) is 1.72. The van der Waals surface area contributed by atoms with Gasteiger partial charge in [0, 0.05) is 32.1 Å². The maximum atomic E-state index is 11.5. The molecule has 0 aliphatic carbocycles. The van der Waals surface area contributed by atoms with Gasteiger partial charge in [-0.05, 0) is 6.92 Å². The second kappa shape index (κ2) is 4.23. The van der Waals surface area contributed by atoms with E-state index in [1.54, 1.807) is 18.0 Å².